The van der Waals surface area contributed by atoms with Gasteiger partial charge in [0.1, 0.15) is 0 Å². The molecule has 13 heteroatoms. The number of hydrogen-bond acceptors (Lipinski definition) is 3. The second-order valence-electron chi connectivity index (χ2n) is 2.93. The molecule has 0 spiro atoms. The van der Waals surface area contributed by atoms with Gasteiger partial charge in [-0.2, -0.15) is 35.1 Å². The average molecular weight is 301 g/mol. The van der Waals surface area contributed by atoms with E-state index < -0.39 is 29.8 Å². The summed E-state index contributed by atoms with van der Waals surface area (Å²) < 4.78 is 103. The van der Waals surface area contributed by atoms with Crippen molar-refractivity contribution in [1.29, 1.82) is 0 Å². The van der Waals surface area contributed by atoms with Crippen LogP contribution >= 0.6 is 0 Å². The third kappa shape index (κ3) is 2.71. The van der Waals surface area contributed by atoms with Crippen molar-refractivity contribution in [1.82, 2.24) is 0 Å². The molecule has 0 aromatic carbocycles. The molecular weight excluding hydrogens is 298 g/mol. The minimum Gasteiger partial charge on any atom is -0.319 e. The molecular formula is C6H3F8N3O2. The highest BCUT2D eigenvalue weighted by atomic mass is 19.3. The molecule has 0 saturated carbocycles. The SMILES string of the molecule is COC(F)(F)C(F)(F)C(=O)C(F)(F)C(F)(F)N=[N+]=[N-]. The van der Waals surface area contributed by atoms with Gasteiger partial charge in [-0.15, -0.1) is 0 Å². The number of carbonyl (C=O) groups is 1. The van der Waals surface area contributed by atoms with Crippen LogP contribution in [-0.2, 0) is 9.53 Å². The Morgan fingerprint density at radius 2 is 1.47 bits per heavy atom. The van der Waals surface area contributed by atoms with E-state index in [9.17, 15) is 39.9 Å². The van der Waals surface area contributed by atoms with Crippen molar-refractivity contribution in [2.45, 2.75) is 24.0 Å². The second kappa shape index (κ2) is 4.81. The topological polar surface area (TPSA) is 75.1 Å². The molecule has 0 saturated heterocycles. The van der Waals surface area contributed by atoms with Gasteiger partial charge in [-0.05, 0) is 10.6 Å². The highest BCUT2D eigenvalue weighted by molar-refractivity contribution is 5.93. The third-order valence-electron chi connectivity index (χ3n) is 1.74. The van der Waals surface area contributed by atoms with Crippen LogP contribution in [0.15, 0.2) is 5.11 Å². The summed E-state index contributed by atoms with van der Waals surface area (Å²) in [4.78, 5) is 11.7. The zero-order chi connectivity index (χ0) is 15.7. The summed E-state index contributed by atoms with van der Waals surface area (Å²) >= 11 is 0. The molecule has 0 aliphatic rings. The first-order valence-corrected chi connectivity index (χ1v) is 3.95. The maximum absolute atomic E-state index is 12.7. The highest BCUT2D eigenvalue weighted by Gasteiger charge is 2.75. The summed E-state index contributed by atoms with van der Waals surface area (Å²) in [5.74, 6) is -16.8. The Bertz CT molecular complexity index is 417. The predicted octanol–water partition coefficient (Wildman–Crippen LogP) is 2.97. The number of hydrogen-bond donors (Lipinski definition) is 0. The maximum Gasteiger partial charge on any atom is 0.427 e. The van der Waals surface area contributed by atoms with Crippen LogP contribution in [0.1, 0.15) is 0 Å². The van der Waals surface area contributed by atoms with Crippen molar-refractivity contribution in [3.8, 4) is 0 Å². The Morgan fingerprint density at radius 3 is 1.79 bits per heavy atom. The smallest absolute Gasteiger partial charge is 0.319 e. The van der Waals surface area contributed by atoms with E-state index in [-0.39, 0.29) is 7.11 Å². The van der Waals surface area contributed by atoms with Gasteiger partial charge < -0.3 is 4.74 Å². The Labute approximate surface area is 98.3 Å². The van der Waals surface area contributed by atoms with Crippen molar-refractivity contribution in [3.05, 3.63) is 10.4 Å². The van der Waals surface area contributed by atoms with Crippen LogP contribution in [0.4, 0.5) is 35.1 Å². The zero-order valence-corrected chi connectivity index (χ0v) is 8.68. The molecule has 0 rings (SSSR count). The van der Waals surface area contributed by atoms with Gasteiger partial charge in [0.05, 0.1) is 0 Å². The second-order valence-corrected chi connectivity index (χ2v) is 2.93. The molecule has 0 radical (unpaired) electrons. The maximum atomic E-state index is 12.7. The molecule has 0 fully saturated rings. The largest absolute Gasteiger partial charge is 0.427 e. The molecule has 19 heavy (non-hydrogen) atoms. The van der Waals surface area contributed by atoms with E-state index in [1.54, 1.807) is 0 Å². The van der Waals surface area contributed by atoms with Crippen LogP contribution in [-0.4, -0.2) is 36.9 Å². The number of azide groups is 1. The molecule has 0 aromatic heterocycles. The summed E-state index contributed by atoms with van der Waals surface area (Å²) in [5, 5.41) is 1.13. The number of ketones is 1. The minimum atomic E-state index is -6.36. The van der Waals surface area contributed by atoms with Crippen LogP contribution in [0.2, 0.25) is 0 Å². The third-order valence-corrected chi connectivity index (χ3v) is 1.74. The number of Topliss-reactive ketones (excluding diaryl/α,β-unsaturated/α-hetero) is 1. The van der Waals surface area contributed by atoms with Gasteiger partial charge >= 0.3 is 24.0 Å². The molecule has 5 nitrogen and oxygen atoms in total. The van der Waals surface area contributed by atoms with E-state index in [4.69, 9.17) is 5.53 Å². The number of halogens is 8. The molecule has 0 aliphatic carbocycles. The van der Waals surface area contributed by atoms with Crippen molar-refractivity contribution in [2.75, 3.05) is 7.11 Å². The summed E-state index contributed by atoms with van der Waals surface area (Å²) in [6.07, 6.45) is -5.75. The predicted molar refractivity (Wildman–Crippen MR) is 41.0 cm³/mol. The summed E-state index contributed by atoms with van der Waals surface area (Å²) in [6.45, 7) is 0. The monoisotopic (exact) mass is 301 g/mol. The summed E-state index contributed by atoms with van der Waals surface area (Å²) in [6, 6.07) is -5.95. The lowest BCUT2D eigenvalue weighted by Gasteiger charge is -2.28. The normalized spacial score (nSPS) is 13.9. The Balaban J connectivity index is 5.72. The van der Waals surface area contributed by atoms with E-state index in [1.165, 1.54) is 4.91 Å². The number of nitrogens with zero attached hydrogens (tertiary/aromatic N) is 3. The van der Waals surface area contributed by atoms with Crippen molar-refractivity contribution in [2.24, 2.45) is 5.11 Å². The molecule has 0 N–H and O–H groups in total. The van der Waals surface area contributed by atoms with Crippen molar-refractivity contribution in [3.63, 3.8) is 0 Å². The van der Waals surface area contributed by atoms with Gasteiger partial charge in [-0.25, -0.2) is 0 Å². The first kappa shape index (κ1) is 17.4. The number of rotatable bonds is 6. The van der Waals surface area contributed by atoms with Gasteiger partial charge in [-0.1, -0.05) is 0 Å². The molecule has 0 aromatic rings. The Hall–Kier alpha value is -1.62. The lowest BCUT2D eigenvalue weighted by Crippen LogP contribution is -2.59. The fourth-order valence-corrected chi connectivity index (χ4v) is 0.713. The molecule has 0 heterocycles. The van der Waals surface area contributed by atoms with E-state index in [0.717, 1.165) is 5.11 Å². The molecule has 0 aliphatic heterocycles. The first-order valence-electron chi connectivity index (χ1n) is 3.95. The Kier molecular flexibility index (Phi) is 4.40. The fraction of sp³-hybridized carbons (Fsp3) is 0.833. The fourth-order valence-electron chi connectivity index (χ4n) is 0.713. The van der Waals surface area contributed by atoms with E-state index >= 15 is 0 Å². The van der Waals surface area contributed by atoms with Gasteiger partial charge in [0, 0.05) is 12.0 Å². The molecule has 0 bridgehead atoms. The zero-order valence-electron chi connectivity index (χ0n) is 8.68. The van der Waals surface area contributed by atoms with Crippen LogP contribution in [0.25, 0.3) is 10.4 Å². The summed E-state index contributed by atoms with van der Waals surface area (Å²) in [7, 11) is -0.0646. The Morgan fingerprint density at radius 1 is 1.05 bits per heavy atom. The van der Waals surface area contributed by atoms with Gasteiger partial charge in [-0.3, -0.25) is 4.79 Å². The average Bonchev–Trinajstić information content (AvgIpc) is 2.27. The van der Waals surface area contributed by atoms with Gasteiger partial charge in [0.2, 0.25) is 0 Å². The number of carbonyl (C=O) groups excluding carboxylic acids is 1. The lowest BCUT2D eigenvalue weighted by molar-refractivity contribution is -0.332. The van der Waals surface area contributed by atoms with Crippen LogP contribution in [0, 0.1) is 0 Å². The van der Waals surface area contributed by atoms with E-state index in [1.807, 2.05) is 0 Å². The van der Waals surface area contributed by atoms with Crippen LogP contribution in [0.3, 0.4) is 0 Å². The van der Waals surface area contributed by atoms with Crippen molar-refractivity contribution < 1.29 is 44.7 Å². The minimum absolute atomic E-state index is 0.0646. The van der Waals surface area contributed by atoms with Crippen molar-refractivity contribution >= 4 is 5.78 Å². The standard InChI is InChI=1S/C6H3F8N3O2/c1-19-6(13,14)4(9,10)2(18)3(7,8)5(11,12)16-17-15/h1H3. The molecule has 0 unspecified atom stereocenters. The highest BCUT2D eigenvalue weighted by Crippen LogP contribution is 2.45. The van der Waals surface area contributed by atoms with Gasteiger partial charge in [0.25, 0.3) is 5.78 Å². The molecule has 0 amide bonds. The first-order chi connectivity index (χ1) is 8.28. The molecule has 110 valence electrons. The van der Waals surface area contributed by atoms with Crippen LogP contribution in [0.5, 0.6) is 0 Å². The quantitative estimate of drug-likeness (QED) is 0.249. The van der Waals surface area contributed by atoms with Crippen LogP contribution < -0.4 is 0 Å². The van der Waals surface area contributed by atoms with E-state index in [2.05, 4.69) is 4.74 Å². The van der Waals surface area contributed by atoms with E-state index in [0.29, 0.717) is 0 Å². The van der Waals surface area contributed by atoms with Gasteiger partial charge in [0.15, 0.2) is 0 Å². The lowest BCUT2D eigenvalue weighted by atomic mass is 10.1. The molecule has 0 atom stereocenters. The number of ether oxygens (including phenoxy) is 1. The summed E-state index contributed by atoms with van der Waals surface area (Å²) in [5.41, 5.74) is 7.53. The number of alkyl halides is 8. The number of methoxy groups -OCH3 is 1.